The highest BCUT2D eigenvalue weighted by molar-refractivity contribution is 7.90. The maximum atomic E-state index is 13.0. The van der Waals surface area contributed by atoms with Crippen molar-refractivity contribution in [3.05, 3.63) is 48.5 Å². The molecule has 12 heteroatoms. The van der Waals surface area contributed by atoms with Gasteiger partial charge in [-0.05, 0) is 50.2 Å². The molecule has 1 amide bonds. The summed E-state index contributed by atoms with van der Waals surface area (Å²) < 4.78 is 53.5. The van der Waals surface area contributed by atoms with Crippen LogP contribution in [0.25, 0.3) is 0 Å². The van der Waals surface area contributed by atoms with E-state index >= 15 is 0 Å². The maximum Gasteiger partial charge on any atom is 0.240 e. The van der Waals surface area contributed by atoms with Crippen LogP contribution in [0.5, 0.6) is 0 Å². The molecule has 3 atom stereocenters. The number of fused-ring (bicyclic) bond motifs is 1. The molecular weight excluding hydrogens is 502 g/mol. The number of hydrogen-bond acceptors (Lipinski definition) is 7. The molecule has 2 saturated heterocycles. The molecule has 36 heavy (non-hydrogen) atoms. The fraction of sp³-hybridized carbons (Fsp3) is 0.458. The normalized spacial score (nSPS) is 23.4. The van der Waals surface area contributed by atoms with Crippen LogP contribution in [0.1, 0.15) is 20.3 Å². The minimum atomic E-state index is -4.20. The first-order chi connectivity index (χ1) is 16.8. The van der Waals surface area contributed by atoms with E-state index in [1.54, 1.807) is 31.2 Å². The molecule has 196 valence electrons. The molecule has 2 aliphatic heterocycles. The van der Waals surface area contributed by atoms with Gasteiger partial charge in [0.15, 0.2) is 0 Å². The van der Waals surface area contributed by atoms with Crippen molar-refractivity contribution in [3.8, 4) is 0 Å². The quantitative estimate of drug-likeness (QED) is 0.464. The Morgan fingerprint density at radius 3 is 2.44 bits per heavy atom. The van der Waals surface area contributed by atoms with Crippen LogP contribution < -0.4 is 20.1 Å². The Morgan fingerprint density at radius 2 is 1.81 bits per heavy atom. The highest BCUT2D eigenvalue weighted by atomic mass is 32.2. The van der Waals surface area contributed by atoms with Gasteiger partial charge < -0.3 is 15.1 Å². The molecule has 0 aliphatic carbocycles. The van der Waals surface area contributed by atoms with E-state index in [1.807, 2.05) is 11.0 Å². The summed E-state index contributed by atoms with van der Waals surface area (Å²) in [6, 6.07) is 12.1. The number of nitrogens with one attached hydrogen (secondary N) is 2. The van der Waals surface area contributed by atoms with E-state index in [0.29, 0.717) is 30.4 Å². The van der Waals surface area contributed by atoms with Crippen molar-refractivity contribution in [1.29, 1.82) is 0 Å². The zero-order chi connectivity index (χ0) is 26.3. The van der Waals surface area contributed by atoms with Crippen molar-refractivity contribution in [1.82, 2.24) is 9.62 Å². The average molecular weight is 536 g/mol. The van der Waals surface area contributed by atoms with Crippen LogP contribution in [0, 0.1) is 11.3 Å². The van der Waals surface area contributed by atoms with E-state index in [9.17, 15) is 21.6 Å². The fourth-order valence-corrected chi connectivity index (χ4v) is 7.47. The van der Waals surface area contributed by atoms with Gasteiger partial charge in [0, 0.05) is 49.7 Å². The second kappa shape index (κ2) is 9.75. The Morgan fingerprint density at radius 1 is 1.11 bits per heavy atom. The fourth-order valence-electron chi connectivity index (χ4n) is 5.35. The van der Waals surface area contributed by atoms with Crippen molar-refractivity contribution in [2.45, 2.75) is 36.1 Å². The van der Waals surface area contributed by atoms with Crippen LogP contribution in [0.4, 0.5) is 11.4 Å². The van der Waals surface area contributed by atoms with Gasteiger partial charge in [0.25, 0.3) is 0 Å². The molecule has 2 aromatic carbocycles. The van der Waals surface area contributed by atoms with Gasteiger partial charge in [-0.25, -0.2) is 26.7 Å². The predicted octanol–water partition coefficient (Wildman–Crippen LogP) is 1.42. The molecule has 2 aromatic rings. The molecule has 2 heterocycles. The van der Waals surface area contributed by atoms with Crippen LogP contribution in [0.15, 0.2) is 58.3 Å². The SMILES string of the molecule is CC(CC(=O)Nc1ccccc1)NS(=O)(=O)c1ccc(N2C[C@@H]3CN(C)C[C@]3(C)C2)c(S(N)(=O)=O)c1. The summed E-state index contributed by atoms with van der Waals surface area (Å²) in [6.45, 7) is 6.91. The number of primary sulfonamides is 1. The van der Waals surface area contributed by atoms with Crippen LogP contribution >= 0.6 is 0 Å². The van der Waals surface area contributed by atoms with Gasteiger partial charge in [-0.15, -0.1) is 0 Å². The Hall–Kier alpha value is -2.51. The molecule has 1 unspecified atom stereocenters. The summed E-state index contributed by atoms with van der Waals surface area (Å²) in [7, 11) is -6.24. The van der Waals surface area contributed by atoms with E-state index in [-0.39, 0.29) is 27.5 Å². The first kappa shape index (κ1) is 26.6. The molecule has 2 aliphatic rings. The number of benzene rings is 2. The number of sulfonamides is 2. The number of carbonyl (C=O) groups is 1. The van der Waals surface area contributed by atoms with E-state index in [1.165, 1.54) is 12.1 Å². The van der Waals surface area contributed by atoms with E-state index < -0.39 is 26.1 Å². The number of nitrogens with zero attached hydrogens (tertiary/aromatic N) is 2. The van der Waals surface area contributed by atoms with Gasteiger partial charge in [-0.2, -0.15) is 0 Å². The highest BCUT2D eigenvalue weighted by Crippen LogP contribution is 2.44. The number of rotatable bonds is 8. The standard InChI is InChI=1S/C24H33N5O5S2/c1-17(11-23(30)26-19-7-5-4-6-8-19)27-36(33,34)20-9-10-21(22(12-20)35(25,31)32)29-14-18-13-28(3)15-24(18,2)16-29/h4-10,12,17-18,27H,11,13-16H2,1-3H3,(H,26,30)(H2,25,31,32)/t17?,18-,24+/m0/s1. The lowest BCUT2D eigenvalue weighted by Crippen LogP contribution is -2.36. The Balaban J connectivity index is 1.51. The lowest BCUT2D eigenvalue weighted by Gasteiger charge is -2.26. The lowest BCUT2D eigenvalue weighted by atomic mass is 9.83. The number of hydrogen-bond donors (Lipinski definition) is 3. The van der Waals surface area contributed by atoms with E-state index in [0.717, 1.165) is 19.2 Å². The van der Waals surface area contributed by atoms with Crippen molar-refractivity contribution in [2.24, 2.45) is 16.5 Å². The maximum absolute atomic E-state index is 13.0. The molecule has 2 fully saturated rings. The largest absolute Gasteiger partial charge is 0.369 e. The highest BCUT2D eigenvalue weighted by Gasteiger charge is 2.48. The van der Waals surface area contributed by atoms with Crippen LogP contribution in [-0.4, -0.2) is 66.9 Å². The van der Waals surface area contributed by atoms with Gasteiger partial charge in [0.2, 0.25) is 26.0 Å². The topological polar surface area (TPSA) is 142 Å². The summed E-state index contributed by atoms with van der Waals surface area (Å²) in [5.74, 6) is 0.0273. The zero-order valence-corrected chi connectivity index (χ0v) is 22.3. The van der Waals surface area contributed by atoms with Gasteiger partial charge >= 0.3 is 0 Å². The Labute approximate surface area is 212 Å². The summed E-state index contributed by atoms with van der Waals surface area (Å²) in [5, 5.41) is 8.23. The molecule has 0 bridgehead atoms. The predicted molar refractivity (Wildman–Crippen MR) is 139 cm³/mol. The monoisotopic (exact) mass is 535 g/mol. The zero-order valence-electron chi connectivity index (χ0n) is 20.6. The van der Waals surface area contributed by atoms with Gasteiger partial charge in [-0.3, -0.25) is 4.79 Å². The lowest BCUT2D eigenvalue weighted by molar-refractivity contribution is -0.116. The molecular formula is C24H33N5O5S2. The Kier molecular flexibility index (Phi) is 7.19. The minimum Gasteiger partial charge on any atom is -0.369 e. The molecule has 0 radical (unpaired) electrons. The summed E-state index contributed by atoms with van der Waals surface area (Å²) >= 11 is 0. The van der Waals surface area contributed by atoms with E-state index in [2.05, 4.69) is 28.9 Å². The number of anilines is 2. The molecule has 0 spiro atoms. The summed E-state index contributed by atoms with van der Waals surface area (Å²) in [5.41, 5.74) is 1.04. The van der Waals surface area contributed by atoms with Crippen LogP contribution in [0.2, 0.25) is 0 Å². The number of nitrogens with two attached hydrogens (primary N) is 1. The first-order valence-electron chi connectivity index (χ1n) is 11.7. The molecule has 0 aromatic heterocycles. The van der Waals surface area contributed by atoms with Crippen molar-refractivity contribution >= 4 is 37.3 Å². The third kappa shape index (κ3) is 5.73. The first-order valence-corrected chi connectivity index (χ1v) is 14.8. The third-order valence-corrected chi connectivity index (χ3v) is 9.46. The minimum absolute atomic E-state index is 0.0203. The number of carbonyl (C=O) groups excluding carboxylic acids is 1. The number of para-hydroxylation sites is 1. The van der Waals surface area contributed by atoms with Gasteiger partial charge in [0.1, 0.15) is 4.90 Å². The second-order valence-electron chi connectivity index (χ2n) is 10.2. The number of likely N-dealkylation sites (tertiary alicyclic amines) is 1. The summed E-state index contributed by atoms with van der Waals surface area (Å²) in [6.07, 6.45) is -0.101. The van der Waals surface area contributed by atoms with Crippen LogP contribution in [-0.2, 0) is 24.8 Å². The average Bonchev–Trinajstić information content (AvgIpc) is 3.22. The molecule has 0 saturated carbocycles. The van der Waals surface area contributed by atoms with Crippen LogP contribution in [0.3, 0.4) is 0 Å². The summed E-state index contributed by atoms with van der Waals surface area (Å²) in [4.78, 5) is 16.1. The van der Waals surface area contributed by atoms with Gasteiger partial charge in [-0.1, -0.05) is 25.1 Å². The van der Waals surface area contributed by atoms with Crippen molar-refractivity contribution < 1.29 is 21.6 Å². The van der Waals surface area contributed by atoms with E-state index in [4.69, 9.17) is 5.14 Å². The Bertz CT molecular complexity index is 1350. The van der Waals surface area contributed by atoms with Gasteiger partial charge in [0.05, 0.1) is 10.6 Å². The third-order valence-electron chi connectivity index (χ3n) is 6.94. The molecule has 10 nitrogen and oxygen atoms in total. The van der Waals surface area contributed by atoms with Crippen molar-refractivity contribution in [2.75, 3.05) is 43.4 Å². The molecule has 4 rings (SSSR count). The smallest absolute Gasteiger partial charge is 0.240 e. The van der Waals surface area contributed by atoms with Crippen molar-refractivity contribution in [3.63, 3.8) is 0 Å². The second-order valence-corrected chi connectivity index (χ2v) is 13.5. The number of amides is 1. The molecule has 4 N–H and O–H groups in total.